The maximum atomic E-state index is 12.5. The van der Waals surface area contributed by atoms with Gasteiger partial charge in [0, 0.05) is 25.4 Å². The average Bonchev–Trinajstić information content (AvgIpc) is 2.72. The minimum atomic E-state index is 0.00737. The Morgan fingerprint density at radius 1 is 1.33 bits per heavy atom. The summed E-state index contributed by atoms with van der Waals surface area (Å²) in [6, 6.07) is 1.72. The monoisotopic (exact) mass is 349 g/mol. The number of halogens is 1. The lowest BCUT2D eigenvalue weighted by molar-refractivity contribution is -0.117. The molecule has 2 aromatic rings. The van der Waals surface area contributed by atoms with E-state index in [1.165, 1.54) is 25.7 Å². The molecule has 0 atom stereocenters. The van der Waals surface area contributed by atoms with Gasteiger partial charge in [0.1, 0.15) is 5.65 Å². The summed E-state index contributed by atoms with van der Waals surface area (Å²) in [6.07, 6.45) is 11.3. The summed E-state index contributed by atoms with van der Waals surface area (Å²) in [5.41, 5.74) is 1.36. The predicted octanol–water partition coefficient (Wildman–Crippen LogP) is 3.98. The molecule has 5 nitrogen and oxygen atoms in total. The minimum Gasteiger partial charge on any atom is -0.395 e. The largest absolute Gasteiger partial charge is 0.395 e. The van der Waals surface area contributed by atoms with Crippen molar-refractivity contribution in [2.45, 2.75) is 51.5 Å². The van der Waals surface area contributed by atoms with Crippen LogP contribution >= 0.6 is 11.6 Å². The zero-order valence-corrected chi connectivity index (χ0v) is 14.6. The average molecular weight is 350 g/mol. The molecule has 1 amide bonds. The van der Waals surface area contributed by atoms with Gasteiger partial charge in [-0.05, 0) is 24.8 Å². The standard InChI is InChI=1S/C18H24ClN3O2/c19-14-7-8-20-18-17(14)15(12-22(18)9-10-23)21-16(24)11-13-5-3-1-2-4-6-13/h7-8,12-13,23H,1-6,9-11H2,(H,21,24). The quantitative estimate of drug-likeness (QED) is 0.802. The number of aliphatic hydroxyl groups is 1. The summed E-state index contributed by atoms with van der Waals surface area (Å²) in [4.78, 5) is 16.8. The maximum Gasteiger partial charge on any atom is 0.224 e. The van der Waals surface area contributed by atoms with Gasteiger partial charge in [-0.15, -0.1) is 0 Å². The Labute approximate surface area is 147 Å². The Kier molecular flexibility index (Phi) is 5.74. The smallest absolute Gasteiger partial charge is 0.224 e. The van der Waals surface area contributed by atoms with Crippen LogP contribution in [0.25, 0.3) is 11.0 Å². The SMILES string of the molecule is O=C(CC1CCCCCC1)Nc1cn(CCO)c2nccc(Cl)c12. The van der Waals surface area contributed by atoms with Crippen LogP contribution in [0.3, 0.4) is 0 Å². The topological polar surface area (TPSA) is 67.2 Å². The molecule has 3 rings (SSSR count). The minimum absolute atomic E-state index is 0.00737. The zero-order chi connectivity index (χ0) is 16.9. The molecule has 1 aliphatic rings. The molecule has 0 bridgehead atoms. The number of anilines is 1. The lowest BCUT2D eigenvalue weighted by Crippen LogP contribution is -2.16. The van der Waals surface area contributed by atoms with Gasteiger partial charge in [-0.3, -0.25) is 4.79 Å². The van der Waals surface area contributed by atoms with Crippen molar-refractivity contribution >= 4 is 34.2 Å². The number of pyridine rings is 1. The van der Waals surface area contributed by atoms with Gasteiger partial charge in [0.2, 0.25) is 5.91 Å². The first kappa shape index (κ1) is 17.2. The van der Waals surface area contributed by atoms with E-state index in [1.54, 1.807) is 12.3 Å². The van der Waals surface area contributed by atoms with Gasteiger partial charge in [-0.25, -0.2) is 4.98 Å². The number of fused-ring (bicyclic) bond motifs is 1. The summed E-state index contributed by atoms with van der Waals surface area (Å²) >= 11 is 6.31. The molecule has 0 unspecified atom stereocenters. The summed E-state index contributed by atoms with van der Waals surface area (Å²) in [7, 11) is 0. The lowest BCUT2D eigenvalue weighted by Gasteiger charge is -2.13. The van der Waals surface area contributed by atoms with Crippen molar-refractivity contribution in [2.24, 2.45) is 5.92 Å². The van der Waals surface area contributed by atoms with Crippen molar-refractivity contribution in [2.75, 3.05) is 11.9 Å². The first-order valence-corrected chi connectivity index (χ1v) is 9.11. The number of aliphatic hydroxyl groups excluding tert-OH is 1. The summed E-state index contributed by atoms with van der Waals surface area (Å²) in [6.45, 7) is 0.426. The van der Waals surface area contributed by atoms with Gasteiger partial charge in [0.05, 0.1) is 22.7 Å². The summed E-state index contributed by atoms with van der Waals surface area (Å²) in [5, 5.41) is 13.5. The molecule has 0 aromatic carbocycles. The van der Waals surface area contributed by atoms with Crippen LogP contribution in [0.5, 0.6) is 0 Å². The Balaban J connectivity index is 1.77. The van der Waals surface area contributed by atoms with Crippen LogP contribution < -0.4 is 5.32 Å². The van der Waals surface area contributed by atoms with Crippen molar-refractivity contribution < 1.29 is 9.90 Å². The van der Waals surface area contributed by atoms with Crippen molar-refractivity contribution in [3.63, 3.8) is 0 Å². The molecule has 6 heteroatoms. The summed E-state index contributed by atoms with van der Waals surface area (Å²) < 4.78 is 1.82. The first-order valence-electron chi connectivity index (χ1n) is 8.73. The van der Waals surface area contributed by atoms with Gasteiger partial charge in [0.15, 0.2) is 0 Å². The van der Waals surface area contributed by atoms with Crippen LogP contribution in [-0.4, -0.2) is 27.2 Å². The predicted molar refractivity (Wildman–Crippen MR) is 96.3 cm³/mol. The molecular weight excluding hydrogens is 326 g/mol. The third-order valence-corrected chi connectivity index (χ3v) is 5.09. The normalized spacial score (nSPS) is 16.2. The van der Waals surface area contributed by atoms with Gasteiger partial charge < -0.3 is 15.0 Å². The van der Waals surface area contributed by atoms with Crippen molar-refractivity contribution in [3.05, 3.63) is 23.5 Å². The fourth-order valence-electron chi connectivity index (χ4n) is 3.58. The second-order valence-corrected chi connectivity index (χ2v) is 6.97. The summed E-state index contributed by atoms with van der Waals surface area (Å²) in [5.74, 6) is 0.511. The number of nitrogens with zero attached hydrogens (tertiary/aromatic N) is 2. The lowest BCUT2D eigenvalue weighted by atomic mass is 9.96. The van der Waals surface area contributed by atoms with Gasteiger partial charge in [0.25, 0.3) is 0 Å². The Morgan fingerprint density at radius 3 is 2.79 bits per heavy atom. The zero-order valence-electron chi connectivity index (χ0n) is 13.8. The fraction of sp³-hybridized carbons (Fsp3) is 0.556. The number of rotatable bonds is 5. The van der Waals surface area contributed by atoms with Crippen LogP contribution in [0.1, 0.15) is 44.9 Å². The van der Waals surface area contributed by atoms with Gasteiger partial charge in [-0.1, -0.05) is 37.3 Å². The van der Waals surface area contributed by atoms with Crippen molar-refractivity contribution in [1.29, 1.82) is 0 Å². The molecular formula is C18H24ClN3O2. The van der Waals surface area contributed by atoms with Gasteiger partial charge >= 0.3 is 0 Å². The third kappa shape index (κ3) is 3.90. The van der Waals surface area contributed by atoms with Crippen LogP contribution in [0, 0.1) is 5.92 Å². The number of aromatic nitrogens is 2. The molecule has 0 spiro atoms. The number of amides is 1. The highest BCUT2D eigenvalue weighted by molar-refractivity contribution is 6.36. The number of carbonyl (C=O) groups excluding carboxylic acids is 1. The van der Waals surface area contributed by atoms with E-state index in [2.05, 4.69) is 10.3 Å². The van der Waals surface area contributed by atoms with E-state index in [4.69, 9.17) is 11.6 Å². The molecule has 2 N–H and O–H groups in total. The highest BCUT2D eigenvalue weighted by Crippen LogP contribution is 2.32. The number of nitrogens with one attached hydrogen (secondary N) is 1. The van der Waals surface area contributed by atoms with Gasteiger partial charge in [-0.2, -0.15) is 0 Å². The Hall–Kier alpha value is -1.59. The van der Waals surface area contributed by atoms with E-state index < -0.39 is 0 Å². The van der Waals surface area contributed by atoms with E-state index in [0.29, 0.717) is 35.2 Å². The maximum absolute atomic E-state index is 12.5. The molecule has 0 aliphatic heterocycles. The van der Waals surface area contributed by atoms with E-state index in [0.717, 1.165) is 18.2 Å². The highest BCUT2D eigenvalue weighted by Gasteiger charge is 2.19. The van der Waals surface area contributed by atoms with Crippen LogP contribution in [0.15, 0.2) is 18.5 Å². The molecule has 0 radical (unpaired) electrons. The Bertz CT molecular complexity index is 706. The van der Waals surface area contributed by atoms with E-state index >= 15 is 0 Å². The Morgan fingerprint density at radius 2 is 2.08 bits per heavy atom. The number of carbonyl (C=O) groups is 1. The molecule has 2 heterocycles. The van der Waals surface area contributed by atoms with E-state index in [1.807, 2.05) is 10.8 Å². The van der Waals surface area contributed by atoms with E-state index in [9.17, 15) is 9.90 Å². The molecule has 24 heavy (non-hydrogen) atoms. The molecule has 1 aliphatic carbocycles. The first-order chi connectivity index (χ1) is 11.7. The third-order valence-electron chi connectivity index (χ3n) is 4.77. The van der Waals surface area contributed by atoms with Crippen molar-refractivity contribution in [3.8, 4) is 0 Å². The molecule has 1 saturated carbocycles. The molecule has 130 valence electrons. The molecule has 1 fully saturated rings. The van der Waals surface area contributed by atoms with E-state index in [-0.39, 0.29) is 12.5 Å². The van der Waals surface area contributed by atoms with Crippen LogP contribution in [-0.2, 0) is 11.3 Å². The highest BCUT2D eigenvalue weighted by atomic mass is 35.5. The molecule has 2 aromatic heterocycles. The van der Waals surface area contributed by atoms with Crippen LogP contribution in [0.4, 0.5) is 5.69 Å². The second-order valence-electron chi connectivity index (χ2n) is 6.56. The second kappa shape index (κ2) is 7.99. The number of hydrogen-bond donors (Lipinski definition) is 2. The van der Waals surface area contributed by atoms with Crippen molar-refractivity contribution in [1.82, 2.24) is 9.55 Å². The fourth-order valence-corrected chi connectivity index (χ4v) is 3.82. The number of hydrogen-bond acceptors (Lipinski definition) is 3. The van der Waals surface area contributed by atoms with Crippen LogP contribution in [0.2, 0.25) is 5.02 Å². The molecule has 0 saturated heterocycles.